The van der Waals surface area contributed by atoms with E-state index in [1.54, 1.807) is 0 Å². The molecule has 0 aliphatic carbocycles. The molecule has 0 aliphatic heterocycles. The van der Waals surface area contributed by atoms with Crippen LogP contribution in [-0.2, 0) is 0 Å². The number of hydrogen-bond acceptors (Lipinski definition) is 1. The van der Waals surface area contributed by atoms with Gasteiger partial charge in [0.25, 0.3) is 0 Å². The summed E-state index contributed by atoms with van der Waals surface area (Å²) < 4.78 is 0. The first-order chi connectivity index (χ1) is 4.93. The van der Waals surface area contributed by atoms with Crippen molar-refractivity contribution in [2.24, 2.45) is 0 Å². The lowest BCUT2D eigenvalue weighted by atomic mass is 10.2. The molecular formula is C8H20ClNSi. The number of alkyl halides is 1. The predicted octanol–water partition coefficient (Wildman–Crippen LogP) is 1.46. The van der Waals surface area contributed by atoms with Crippen molar-refractivity contribution in [2.45, 2.75) is 38.2 Å². The fourth-order valence-corrected chi connectivity index (χ4v) is 1.73. The normalized spacial score (nSPS) is 15.8. The molecule has 0 heterocycles. The minimum Gasteiger partial charge on any atom is -0.288 e. The summed E-state index contributed by atoms with van der Waals surface area (Å²) in [4.78, 5) is 2.30. The van der Waals surface area contributed by atoms with Gasteiger partial charge in [-0.3, -0.25) is 4.90 Å². The first-order valence-corrected chi connectivity index (χ1v) is 5.75. The van der Waals surface area contributed by atoms with E-state index in [4.69, 9.17) is 11.6 Å². The predicted molar refractivity (Wildman–Crippen MR) is 56.5 cm³/mol. The standard InChI is InChI=1S/C8H20ClNSi/c1-5-10(6-2)7(9)8(3,4)11/h7H,5-6H2,1-4,11H3. The van der Waals surface area contributed by atoms with Crippen molar-refractivity contribution in [3.63, 3.8) is 0 Å². The quantitative estimate of drug-likeness (QED) is 0.371. The van der Waals surface area contributed by atoms with Gasteiger partial charge in [-0.25, -0.2) is 0 Å². The van der Waals surface area contributed by atoms with Gasteiger partial charge in [-0.1, -0.05) is 27.7 Å². The molecule has 0 spiro atoms. The Morgan fingerprint density at radius 2 is 1.73 bits per heavy atom. The van der Waals surface area contributed by atoms with Crippen LogP contribution in [0.4, 0.5) is 0 Å². The summed E-state index contributed by atoms with van der Waals surface area (Å²) in [5, 5.41) is 0.313. The molecule has 0 bridgehead atoms. The fraction of sp³-hybridized carbons (Fsp3) is 1.00. The molecule has 11 heavy (non-hydrogen) atoms. The van der Waals surface area contributed by atoms with Crippen molar-refractivity contribution in [2.75, 3.05) is 13.1 Å². The third-order valence-electron chi connectivity index (χ3n) is 1.85. The van der Waals surface area contributed by atoms with Crippen LogP contribution in [0.25, 0.3) is 0 Å². The summed E-state index contributed by atoms with van der Waals surface area (Å²) in [5.74, 6) is 0. The zero-order valence-electron chi connectivity index (χ0n) is 8.32. The second-order valence-electron chi connectivity index (χ2n) is 3.92. The molecule has 0 aliphatic rings. The molecular weight excluding hydrogens is 174 g/mol. The van der Waals surface area contributed by atoms with Gasteiger partial charge in [0.05, 0.1) is 5.50 Å². The van der Waals surface area contributed by atoms with E-state index < -0.39 is 0 Å². The molecule has 0 saturated carbocycles. The van der Waals surface area contributed by atoms with Gasteiger partial charge in [0.15, 0.2) is 0 Å². The van der Waals surface area contributed by atoms with Gasteiger partial charge in [-0.05, 0) is 18.1 Å². The maximum Gasteiger partial charge on any atom is 0.0868 e. The van der Waals surface area contributed by atoms with Crippen LogP contribution in [0.3, 0.4) is 0 Å². The van der Waals surface area contributed by atoms with Gasteiger partial charge in [0.1, 0.15) is 0 Å². The van der Waals surface area contributed by atoms with Crippen molar-refractivity contribution in [1.29, 1.82) is 0 Å². The smallest absolute Gasteiger partial charge is 0.0868 e. The van der Waals surface area contributed by atoms with Crippen LogP contribution in [0, 0.1) is 0 Å². The van der Waals surface area contributed by atoms with Crippen LogP contribution in [0.15, 0.2) is 0 Å². The van der Waals surface area contributed by atoms with Crippen LogP contribution in [0.2, 0.25) is 5.04 Å². The third-order valence-corrected chi connectivity index (χ3v) is 3.69. The highest BCUT2D eigenvalue weighted by molar-refractivity contribution is 6.27. The Kier molecular flexibility index (Phi) is 4.67. The van der Waals surface area contributed by atoms with Gasteiger partial charge >= 0.3 is 0 Å². The minimum absolute atomic E-state index is 0.212. The van der Waals surface area contributed by atoms with Gasteiger partial charge in [0.2, 0.25) is 0 Å². The van der Waals surface area contributed by atoms with E-state index in [-0.39, 0.29) is 5.50 Å². The van der Waals surface area contributed by atoms with E-state index in [0.717, 1.165) is 23.3 Å². The highest BCUT2D eigenvalue weighted by atomic mass is 35.5. The first-order valence-electron chi connectivity index (χ1n) is 4.31. The fourth-order valence-electron chi connectivity index (χ4n) is 1.09. The van der Waals surface area contributed by atoms with Gasteiger partial charge in [-0.2, -0.15) is 0 Å². The number of rotatable bonds is 4. The van der Waals surface area contributed by atoms with Gasteiger partial charge in [-0.15, -0.1) is 11.6 Å². The molecule has 1 unspecified atom stereocenters. The van der Waals surface area contributed by atoms with Crippen LogP contribution < -0.4 is 0 Å². The van der Waals surface area contributed by atoms with E-state index in [9.17, 15) is 0 Å². The molecule has 0 N–H and O–H groups in total. The Bertz CT molecular complexity index is 107. The molecule has 0 aromatic rings. The van der Waals surface area contributed by atoms with E-state index in [2.05, 4.69) is 32.6 Å². The molecule has 1 nitrogen and oxygen atoms in total. The molecule has 0 rings (SSSR count). The van der Waals surface area contributed by atoms with Crippen molar-refractivity contribution in [3.05, 3.63) is 0 Å². The summed E-state index contributed by atoms with van der Waals surface area (Å²) in [6, 6.07) is 0. The second-order valence-corrected chi connectivity index (χ2v) is 6.91. The summed E-state index contributed by atoms with van der Waals surface area (Å²) in [7, 11) is 1.15. The minimum atomic E-state index is 0.212. The van der Waals surface area contributed by atoms with E-state index in [1.807, 2.05) is 0 Å². The Hall–Kier alpha value is 0.467. The number of nitrogens with zero attached hydrogens (tertiary/aromatic N) is 1. The van der Waals surface area contributed by atoms with Crippen molar-refractivity contribution >= 4 is 21.8 Å². The van der Waals surface area contributed by atoms with Crippen LogP contribution >= 0.6 is 11.6 Å². The van der Waals surface area contributed by atoms with Gasteiger partial charge < -0.3 is 0 Å². The SMILES string of the molecule is CCN(CC)C(Cl)C(C)(C)[SiH3]. The Balaban J connectivity index is 4.09. The second kappa shape index (κ2) is 4.48. The largest absolute Gasteiger partial charge is 0.288 e. The zero-order chi connectivity index (χ0) is 9.07. The van der Waals surface area contributed by atoms with Crippen LogP contribution in [-0.4, -0.2) is 33.7 Å². The Morgan fingerprint density at radius 1 is 1.36 bits per heavy atom. The summed E-state index contributed by atoms with van der Waals surface area (Å²) in [6.45, 7) is 10.9. The van der Waals surface area contributed by atoms with E-state index in [0.29, 0.717) is 5.04 Å². The lowest BCUT2D eigenvalue weighted by Gasteiger charge is -2.34. The van der Waals surface area contributed by atoms with Crippen LogP contribution in [0.5, 0.6) is 0 Å². The monoisotopic (exact) mass is 193 g/mol. The molecule has 0 aromatic carbocycles. The average molecular weight is 194 g/mol. The number of halogens is 1. The highest BCUT2D eigenvalue weighted by Gasteiger charge is 2.26. The molecule has 0 fully saturated rings. The lowest BCUT2D eigenvalue weighted by molar-refractivity contribution is 0.243. The summed E-state index contributed by atoms with van der Waals surface area (Å²) in [5.41, 5.74) is 0.212. The lowest BCUT2D eigenvalue weighted by Crippen LogP contribution is -2.37. The molecule has 0 amide bonds. The first kappa shape index (κ1) is 11.5. The molecule has 0 saturated heterocycles. The maximum absolute atomic E-state index is 6.28. The van der Waals surface area contributed by atoms with Crippen LogP contribution in [0.1, 0.15) is 27.7 Å². The molecule has 0 aromatic heterocycles. The molecule has 68 valence electrons. The summed E-state index contributed by atoms with van der Waals surface area (Å²) >= 11 is 6.28. The van der Waals surface area contributed by atoms with Gasteiger partial charge in [0, 0.05) is 10.2 Å². The highest BCUT2D eigenvalue weighted by Crippen LogP contribution is 2.31. The maximum atomic E-state index is 6.28. The Morgan fingerprint density at radius 3 is 1.82 bits per heavy atom. The molecule has 0 radical (unpaired) electrons. The van der Waals surface area contributed by atoms with E-state index >= 15 is 0 Å². The number of hydrogen-bond donors (Lipinski definition) is 0. The Labute approximate surface area is 78.5 Å². The van der Waals surface area contributed by atoms with Crippen molar-refractivity contribution in [1.82, 2.24) is 4.90 Å². The topological polar surface area (TPSA) is 3.24 Å². The van der Waals surface area contributed by atoms with Crippen molar-refractivity contribution in [3.8, 4) is 0 Å². The third kappa shape index (κ3) is 3.59. The zero-order valence-corrected chi connectivity index (χ0v) is 11.1. The molecule has 3 heteroatoms. The van der Waals surface area contributed by atoms with E-state index in [1.165, 1.54) is 0 Å². The molecule has 1 atom stereocenters. The van der Waals surface area contributed by atoms with Crippen molar-refractivity contribution < 1.29 is 0 Å². The average Bonchev–Trinajstić information content (AvgIpc) is 1.88. The summed E-state index contributed by atoms with van der Waals surface area (Å²) in [6.07, 6.45) is 0.